The molecule has 0 rings (SSSR count). The Balaban J connectivity index is 4.53. The van der Waals surface area contributed by atoms with Crippen LogP contribution in [0, 0.1) is 0 Å². The number of hydrogen-bond donors (Lipinski definition) is 0. The van der Waals surface area contributed by atoms with Gasteiger partial charge in [-0.3, -0.25) is 0 Å². The normalized spacial score (nSPS) is 11.6. The Morgan fingerprint density at radius 3 is 0.889 bits per heavy atom. The van der Waals surface area contributed by atoms with Gasteiger partial charge in [-0.2, -0.15) is 0 Å². The minimum atomic E-state index is -3.62. The fourth-order valence-corrected chi connectivity index (χ4v) is 0.657. The van der Waals surface area contributed by atoms with Gasteiger partial charge in [0.15, 0.2) is 0 Å². The summed E-state index contributed by atoms with van der Waals surface area (Å²) in [6.07, 6.45) is 0. The molecule has 0 amide bonds. The van der Waals surface area contributed by atoms with Gasteiger partial charge >= 0.3 is 53.5 Å². The molecule has 0 saturated carbocycles. The summed E-state index contributed by atoms with van der Waals surface area (Å²) in [6.45, 7) is 0. The van der Waals surface area contributed by atoms with Gasteiger partial charge in [-0.15, -0.1) is 0 Å². The molecule has 0 radical (unpaired) electrons. The average molecular weight is 219 g/mol. The number of carbonyl (C=O) groups excluding carboxylic acids is 4. The third-order valence-corrected chi connectivity index (χ3v) is 3.22. The van der Waals surface area contributed by atoms with Crippen LogP contribution in [-0.2, 0) is 34.0 Å². The van der Waals surface area contributed by atoms with E-state index in [1.807, 2.05) is 0 Å². The molecule has 53 valence electrons. The second-order valence-corrected chi connectivity index (χ2v) is 5.80. The zero-order valence-electron chi connectivity index (χ0n) is 4.28. The van der Waals surface area contributed by atoms with Crippen LogP contribution in [0.5, 0.6) is 0 Å². The predicted octanol–water partition coefficient (Wildman–Crippen LogP) is -1.10. The molecule has 0 N–H and O–H groups in total. The molecular weight excluding hydrogens is 215 g/mol. The van der Waals surface area contributed by atoms with Gasteiger partial charge < -0.3 is 0 Å². The zero-order valence-corrected chi connectivity index (χ0v) is 5.91. The van der Waals surface area contributed by atoms with Crippen LogP contribution in [0.4, 0.5) is 0 Å². The van der Waals surface area contributed by atoms with Gasteiger partial charge in [0.25, 0.3) is 0 Å². The topological polar surface area (TPSA) is 68.3 Å². The van der Waals surface area contributed by atoms with Crippen LogP contribution in [0.15, 0.2) is 0 Å². The SMILES string of the molecule is O=[CH][Rh]([CH]=O)([CH]=O)[CH]=O. The molecule has 0 unspecified atom stereocenters. The van der Waals surface area contributed by atoms with E-state index in [4.69, 9.17) is 0 Å². The van der Waals surface area contributed by atoms with Crippen molar-refractivity contribution in [1.82, 2.24) is 0 Å². The molecule has 0 aliphatic heterocycles. The van der Waals surface area contributed by atoms with E-state index >= 15 is 0 Å². The zero-order chi connectivity index (χ0) is 7.33. The van der Waals surface area contributed by atoms with Crippen molar-refractivity contribution < 1.29 is 34.0 Å². The second-order valence-electron chi connectivity index (χ2n) is 0.981. The molecule has 0 bridgehead atoms. The van der Waals surface area contributed by atoms with Crippen LogP contribution in [0.1, 0.15) is 0 Å². The molecular formula is C4H4O4Rh. The fraction of sp³-hybridized carbons (Fsp3) is 0. The molecule has 0 aromatic heterocycles. The molecule has 0 atom stereocenters. The first-order valence-electron chi connectivity index (χ1n) is 1.71. The van der Waals surface area contributed by atoms with Crippen molar-refractivity contribution in [3.05, 3.63) is 0 Å². The third kappa shape index (κ3) is 1.61. The van der Waals surface area contributed by atoms with Crippen LogP contribution < -0.4 is 0 Å². The molecule has 5 heteroatoms. The van der Waals surface area contributed by atoms with Gasteiger partial charge in [0.1, 0.15) is 0 Å². The minimum absolute atomic E-state index is 0.160. The van der Waals surface area contributed by atoms with Crippen molar-refractivity contribution in [1.29, 1.82) is 0 Å². The van der Waals surface area contributed by atoms with Gasteiger partial charge in [-0.05, 0) is 0 Å². The van der Waals surface area contributed by atoms with E-state index in [9.17, 15) is 19.2 Å². The molecule has 0 aromatic rings. The Labute approximate surface area is 54.0 Å². The van der Waals surface area contributed by atoms with E-state index in [0.717, 1.165) is 0 Å². The summed E-state index contributed by atoms with van der Waals surface area (Å²) < 4.78 is 0. The van der Waals surface area contributed by atoms with Crippen molar-refractivity contribution in [2.45, 2.75) is 0 Å². The van der Waals surface area contributed by atoms with Gasteiger partial charge in [-0.1, -0.05) is 0 Å². The Morgan fingerprint density at radius 1 is 0.667 bits per heavy atom. The van der Waals surface area contributed by atoms with E-state index in [0.29, 0.717) is 0 Å². The second kappa shape index (κ2) is 3.35. The first-order chi connectivity index (χ1) is 4.24. The molecule has 0 aromatic carbocycles. The van der Waals surface area contributed by atoms with Crippen molar-refractivity contribution in [3.63, 3.8) is 0 Å². The van der Waals surface area contributed by atoms with Crippen LogP contribution in [0.3, 0.4) is 0 Å². The summed E-state index contributed by atoms with van der Waals surface area (Å²) >= 11 is -3.62. The van der Waals surface area contributed by atoms with Crippen LogP contribution in [0.2, 0.25) is 0 Å². The van der Waals surface area contributed by atoms with Crippen molar-refractivity contribution in [2.24, 2.45) is 0 Å². The van der Waals surface area contributed by atoms with Crippen LogP contribution in [-0.4, -0.2) is 19.5 Å². The van der Waals surface area contributed by atoms with Gasteiger partial charge in [-0.25, -0.2) is 0 Å². The maximum absolute atomic E-state index is 9.90. The molecule has 0 heterocycles. The summed E-state index contributed by atoms with van der Waals surface area (Å²) in [5.41, 5.74) is 0. The van der Waals surface area contributed by atoms with Crippen LogP contribution >= 0.6 is 0 Å². The quantitative estimate of drug-likeness (QED) is 0.444. The van der Waals surface area contributed by atoms with E-state index in [1.165, 1.54) is 0 Å². The first kappa shape index (κ1) is 8.30. The third-order valence-electron chi connectivity index (χ3n) is 0.544. The predicted molar refractivity (Wildman–Crippen MR) is 27.0 cm³/mol. The molecule has 0 fully saturated rings. The summed E-state index contributed by atoms with van der Waals surface area (Å²) in [4.78, 5) is 40.2. The summed E-state index contributed by atoms with van der Waals surface area (Å²) in [5, 5.41) is 0. The molecule has 0 saturated heterocycles. The standard InChI is InChI=1S/4CHO.Rh/c4*1-2;/h4*1H;. The number of rotatable bonds is 4. The Hall–Kier alpha value is -0.697. The van der Waals surface area contributed by atoms with E-state index < -0.39 is 14.8 Å². The molecule has 0 aliphatic rings. The van der Waals surface area contributed by atoms with Crippen molar-refractivity contribution >= 4 is 19.5 Å². The van der Waals surface area contributed by atoms with E-state index in [-0.39, 0.29) is 19.5 Å². The van der Waals surface area contributed by atoms with E-state index in [1.54, 1.807) is 0 Å². The number of carbonyl (C=O) groups is 4. The summed E-state index contributed by atoms with van der Waals surface area (Å²) in [7, 11) is 0. The molecule has 0 spiro atoms. The van der Waals surface area contributed by atoms with Crippen molar-refractivity contribution in [3.8, 4) is 0 Å². The average Bonchev–Trinajstić information content (AvgIpc) is 1.95. The fourth-order valence-electron chi connectivity index (χ4n) is 0.111. The van der Waals surface area contributed by atoms with Crippen LogP contribution in [0.25, 0.3) is 0 Å². The Bertz CT molecular complexity index is 115. The first-order valence-corrected chi connectivity index (χ1v) is 5.50. The van der Waals surface area contributed by atoms with Gasteiger partial charge in [0, 0.05) is 0 Å². The van der Waals surface area contributed by atoms with E-state index in [2.05, 4.69) is 0 Å². The Kier molecular flexibility index (Phi) is 3.09. The summed E-state index contributed by atoms with van der Waals surface area (Å²) in [5.74, 6) is 0. The number of hydrogen-bond acceptors (Lipinski definition) is 4. The maximum atomic E-state index is 9.90. The van der Waals surface area contributed by atoms with Crippen molar-refractivity contribution in [2.75, 3.05) is 0 Å². The monoisotopic (exact) mass is 219 g/mol. The molecule has 0 aliphatic carbocycles. The van der Waals surface area contributed by atoms with Gasteiger partial charge in [0.05, 0.1) is 0 Å². The Morgan fingerprint density at radius 2 is 0.889 bits per heavy atom. The van der Waals surface area contributed by atoms with Gasteiger partial charge in [0.2, 0.25) is 0 Å². The molecule has 9 heavy (non-hydrogen) atoms. The molecule has 4 nitrogen and oxygen atoms in total. The summed E-state index contributed by atoms with van der Waals surface area (Å²) in [6, 6.07) is 0.